The normalized spacial score (nSPS) is 33.0. The fourth-order valence-electron chi connectivity index (χ4n) is 2.05. The Morgan fingerprint density at radius 3 is 2.73 bits per heavy atom. The molecule has 0 aromatic rings. The molecular weight excluding hydrogens is 138 g/mol. The lowest BCUT2D eigenvalue weighted by molar-refractivity contribution is 0.249. The van der Waals surface area contributed by atoms with Crippen LogP contribution in [-0.4, -0.2) is 35.7 Å². The molecule has 11 heavy (non-hydrogen) atoms. The van der Waals surface area contributed by atoms with Crippen molar-refractivity contribution in [2.24, 2.45) is 5.92 Å². The van der Waals surface area contributed by atoms with Crippen molar-refractivity contribution in [1.29, 1.82) is 0 Å². The second-order valence-corrected chi connectivity index (χ2v) is 3.89. The molecule has 1 N–H and O–H groups in total. The molecule has 2 rings (SSSR count). The van der Waals surface area contributed by atoms with Crippen LogP contribution in [0.3, 0.4) is 0 Å². The summed E-state index contributed by atoms with van der Waals surface area (Å²) in [6, 6.07) is 0.929. The molecule has 1 saturated carbocycles. The van der Waals surface area contributed by atoms with E-state index < -0.39 is 0 Å². The Kier molecular flexibility index (Phi) is 2.14. The highest BCUT2D eigenvalue weighted by Gasteiger charge is 2.33. The van der Waals surface area contributed by atoms with Gasteiger partial charge in [-0.15, -0.1) is 0 Å². The van der Waals surface area contributed by atoms with Crippen molar-refractivity contribution in [2.45, 2.75) is 31.7 Å². The zero-order valence-electron chi connectivity index (χ0n) is 7.00. The maximum absolute atomic E-state index is 8.75. The van der Waals surface area contributed by atoms with Crippen LogP contribution in [0.2, 0.25) is 0 Å². The molecule has 0 spiro atoms. The van der Waals surface area contributed by atoms with E-state index in [9.17, 15) is 0 Å². The lowest BCUT2D eigenvalue weighted by Gasteiger charge is -2.13. The summed E-state index contributed by atoms with van der Waals surface area (Å²) in [5.41, 5.74) is 0. The first-order valence-corrected chi connectivity index (χ1v) is 4.75. The number of hydrogen-bond acceptors (Lipinski definition) is 2. The van der Waals surface area contributed by atoms with Crippen LogP contribution < -0.4 is 0 Å². The fraction of sp³-hybridized carbons (Fsp3) is 1.00. The predicted octanol–water partition coefficient (Wildman–Crippen LogP) is 0.853. The molecule has 0 aromatic carbocycles. The van der Waals surface area contributed by atoms with Gasteiger partial charge in [-0.2, -0.15) is 0 Å². The highest BCUT2D eigenvalue weighted by Crippen LogP contribution is 2.32. The predicted molar refractivity (Wildman–Crippen MR) is 44.4 cm³/mol. The van der Waals surface area contributed by atoms with Gasteiger partial charge in [-0.05, 0) is 38.1 Å². The van der Waals surface area contributed by atoms with E-state index in [1.54, 1.807) is 0 Å². The third-order valence-corrected chi connectivity index (χ3v) is 2.92. The van der Waals surface area contributed by atoms with Crippen molar-refractivity contribution in [2.75, 3.05) is 19.7 Å². The van der Waals surface area contributed by atoms with Gasteiger partial charge in [0, 0.05) is 19.2 Å². The molecular formula is C9H17NO. The van der Waals surface area contributed by atoms with Crippen molar-refractivity contribution in [3.8, 4) is 0 Å². The van der Waals surface area contributed by atoms with Gasteiger partial charge in [0.1, 0.15) is 0 Å². The van der Waals surface area contributed by atoms with Crippen LogP contribution in [0.15, 0.2) is 0 Å². The van der Waals surface area contributed by atoms with E-state index in [1.807, 2.05) is 0 Å². The van der Waals surface area contributed by atoms with E-state index in [-0.39, 0.29) is 0 Å². The first-order chi connectivity index (χ1) is 5.40. The van der Waals surface area contributed by atoms with Gasteiger partial charge < -0.3 is 10.0 Å². The Labute approximate surface area is 68.2 Å². The van der Waals surface area contributed by atoms with E-state index >= 15 is 0 Å². The largest absolute Gasteiger partial charge is 0.396 e. The maximum Gasteiger partial charge on any atom is 0.0434 e. The van der Waals surface area contributed by atoms with Gasteiger partial charge in [0.05, 0.1) is 0 Å². The molecule has 0 aromatic heterocycles. The molecule has 0 amide bonds. The molecule has 2 nitrogen and oxygen atoms in total. The smallest absolute Gasteiger partial charge is 0.0434 e. The SMILES string of the molecule is OCCC1CCN(C2CC2)C1. The van der Waals surface area contributed by atoms with Crippen LogP contribution in [0.4, 0.5) is 0 Å². The minimum Gasteiger partial charge on any atom is -0.396 e. The van der Waals surface area contributed by atoms with Crippen molar-refractivity contribution in [3.63, 3.8) is 0 Å². The van der Waals surface area contributed by atoms with Crippen molar-refractivity contribution < 1.29 is 5.11 Å². The topological polar surface area (TPSA) is 23.5 Å². The monoisotopic (exact) mass is 155 g/mol. The number of likely N-dealkylation sites (tertiary alicyclic amines) is 1. The van der Waals surface area contributed by atoms with Gasteiger partial charge in [-0.25, -0.2) is 0 Å². The summed E-state index contributed by atoms with van der Waals surface area (Å²) < 4.78 is 0. The summed E-state index contributed by atoms with van der Waals surface area (Å²) >= 11 is 0. The zero-order valence-corrected chi connectivity index (χ0v) is 7.00. The third kappa shape index (κ3) is 1.74. The third-order valence-electron chi connectivity index (χ3n) is 2.92. The molecule has 0 bridgehead atoms. The van der Waals surface area contributed by atoms with E-state index in [0.717, 1.165) is 18.4 Å². The molecule has 1 unspecified atom stereocenters. The van der Waals surface area contributed by atoms with E-state index in [1.165, 1.54) is 32.4 Å². The lowest BCUT2D eigenvalue weighted by Crippen LogP contribution is -2.22. The molecule has 2 aliphatic rings. The van der Waals surface area contributed by atoms with E-state index in [4.69, 9.17) is 5.11 Å². The second-order valence-electron chi connectivity index (χ2n) is 3.89. The summed E-state index contributed by atoms with van der Waals surface area (Å²) in [6.07, 6.45) is 5.18. The molecule has 2 fully saturated rings. The van der Waals surface area contributed by atoms with Gasteiger partial charge in [0.15, 0.2) is 0 Å². The Hall–Kier alpha value is -0.0800. The summed E-state index contributed by atoms with van der Waals surface area (Å²) in [7, 11) is 0. The quantitative estimate of drug-likeness (QED) is 0.653. The van der Waals surface area contributed by atoms with Crippen LogP contribution in [0.25, 0.3) is 0 Å². The summed E-state index contributed by atoms with van der Waals surface area (Å²) in [6.45, 7) is 2.92. The van der Waals surface area contributed by atoms with Crippen LogP contribution in [-0.2, 0) is 0 Å². The van der Waals surface area contributed by atoms with E-state index in [0.29, 0.717) is 6.61 Å². The molecule has 1 aliphatic heterocycles. The van der Waals surface area contributed by atoms with Gasteiger partial charge >= 0.3 is 0 Å². The molecule has 1 atom stereocenters. The Balaban J connectivity index is 1.74. The number of aliphatic hydroxyl groups excluding tert-OH is 1. The van der Waals surface area contributed by atoms with Gasteiger partial charge in [0.2, 0.25) is 0 Å². The Morgan fingerprint density at radius 2 is 2.09 bits per heavy atom. The standard InChI is InChI=1S/C9H17NO/c11-6-4-8-3-5-10(7-8)9-1-2-9/h8-9,11H,1-7H2. The van der Waals surface area contributed by atoms with Crippen molar-refractivity contribution >= 4 is 0 Å². The van der Waals surface area contributed by atoms with Crippen LogP contribution in [0.1, 0.15) is 25.7 Å². The van der Waals surface area contributed by atoms with Crippen molar-refractivity contribution in [3.05, 3.63) is 0 Å². The van der Waals surface area contributed by atoms with Gasteiger partial charge in [-0.1, -0.05) is 0 Å². The molecule has 0 radical (unpaired) electrons. The average molecular weight is 155 g/mol. The molecule has 1 heterocycles. The maximum atomic E-state index is 8.75. The first-order valence-electron chi connectivity index (χ1n) is 4.75. The Morgan fingerprint density at radius 1 is 1.27 bits per heavy atom. The molecule has 2 heteroatoms. The molecule has 1 aliphatic carbocycles. The Bertz CT molecular complexity index is 134. The highest BCUT2D eigenvalue weighted by molar-refractivity contribution is 4.89. The van der Waals surface area contributed by atoms with Crippen LogP contribution in [0.5, 0.6) is 0 Å². The highest BCUT2D eigenvalue weighted by atomic mass is 16.3. The number of rotatable bonds is 3. The zero-order chi connectivity index (χ0) is 7.68. The number of hydrogen-bond donors (Lipinski definition) is 1. The summed E-state index contributed by atoms with van der Waals surface area (Å²) in [5, 5.41) is 8.75. The van der Waals surface area contributed by atoms with Crippen LogP contribution >= 0.6 is 0 Å². The first kappa shape index (κ1) is 7.56. The van der Waals surface area contributed by atoms with Crippen LogP contribution in [0, 0.1) is 5.92 Å². The van der Waals surface area contributed by atoms with E-state index in [2.05, 4.69) is 4.90 Å². The number of nitrogens with zero attached hydrogens (tertiary/aromatic N) is 1. The second kappa shape index (κ2) is 3.11. The lowest BCUT2D eigenvalue weighted by atomic mass is 10.1. The summed E-state index contributed by atoms with van der Waals surface area (Å²) in [4.78, 5) is 2.60. The minimum atomic E-state index is 0.378. The minimum absolute atomic E-state index is 0.378. The average Bonchev–Trinajstić information content (AvgIpc) is 2.75. The fourth-order valence-corrected chi connectivity index (χ4v) is 2.05. The van der Waals surface area contributed by atoms with Gasteiger partial charge in [-0.3, -0.25) is 0 Å². The molecule has 1 saturated heterocycles. The summed E-state index contributed by atoms with van der Waals surface area (Å²) in [5.74, 6) is 0.792. The number of aliphatic hydroxyl groups is 1. The molecule has 64 valence electrons. The van der Waals surface area contributed by atoms with Gasteiger partial charge in [0.25, 0.3) is 0 Å². The van der Waals surface area contributed by atoms with Crippen molar-refractivity contribution in [1.82, 2.24) is 4.90 Å².